The second kappa shape index (κ2) is 7.48. The summed E-state index contributed by atoms with van der Waals surface area (Å²) in [5.41, 5.74) is 0.259. The first kappa shape index (κ1) is 19.4. The van der Waals surface area contributed by atoms with Gasteiger partial charge in [-0.3, -0.25) is 0 Å². The van der Waals surface area contributed by atoms with Crippen molar-refractivity contribution in [3.05, 3.63) is 75.0 Å². The van der Waals surface area contributed by atoms with Crippen molar-refractivity contribution in [3.8, 4) is 5.75 Å². The summed E-state index contributed by atoms with van der Waals surface area (Å²) in [6.07, 6.45) is 0. The van der Waals surface area contributed by atoms with Crippen LogP contribution in [-0.4, -0.2) is 27.0 Å². The highest BCUT2D eigenvalue weighted by molar-refractivity contribution is 6.38. The Hall–Kier alpha value is -2.93. The van der Waals surface area contributed by atoms with Crippen LogP contribution in [0, 0.1) is 0 Å². The maximum atomic E-state index is 12.6. The maximum absolute atomic E-state index is 12.6. The van der Waals surface area contributed by atoms with Crippen molar-refractivity contribution < 1.29 is 19.4 Å². The van der Waals surface area contributed by atoms with Gasteiger partial charge in [0.05, 0.1) is 16.1 Å². The molecule has 0 unspecified atom stereocenters. The molecule has 1 N–H and O–H groups in total. The van der Waals surface area contributed by atoms with Gasteiger partial charge in [-0.1, -0.05) is 40.9 Å². The van der Waals surface area contributed by atoms with Crippen LogP contribution < -0.4 is 4.74 Å². The van der Waals surface area contributed by atoms with Gasteiger partial charge < -0.3 is 9.84 Å². The third-order valence-corrected chi connectivity index (χ3v) is 4.95. The summed E-state index contributed by atoms with van der Waals surface area (Å²) in [6, 6.07) is 12.7. The molecule has 0 bridgehead atoms. The van der Waals surface area contributed by atoms with Crippen LogP contribution in [0.5, 0.6) is 5.75 Å². The number of rotatable bonds is 3. The maximum Gasteiger partial charge on any atom is 0.362 e. The third kappa shape index (κ3) is 3.70. The predicted octanol–water partition coefficient (Wildman–Crippen LogP) is 5.66. The van der Waals surface area contributed by atoms with E-state index in [-0.39, 0.29) is 22.0 Å². The summed E-state index contributed by atoms with van der Waals surface area (Å²) >= 11 is 18.2. The van der Waals surface area contributed by atoms with E-state index in [2.05, 4.69) is 9.97 Å². The molecule has 0 spiro atoms. The van der Waals surface area contributed by atoms with E-state index >= 15 is 0 Å². The number of carbonyl (C=O) groups is 2. The topological polar surface area (TPSA) is 89.4 Å². The van der Waals surface area contributed by atoms with Crippen LogP contribution in [0.15, 0.2) is 48.5 Å². The molecule has 0 atom stereocenters. The summed E-state index contributed by atoms with van der Waals surface area (Å²) in [5, 5.41) is 11.5. The fourth-order valence-corrected chi connectivity index (χ4v) is 3.41. The number of aromatic carboxylic acids is 1. The summed E-state index contributed by atoms with van der Waals surface area (Å²) in [7, 11) is 0. The molecule has 0 saturated carbocycles. The van der Waals surface area contributed by atoms with Crippen LogP contribution in [0.4, 0.5) is 0 Å². The van der Waals surface area contributed by atoms with Gasteiger partial charge in [0.15, 0.2) is 11.4 Å². The fraction of sp³-hybridized carbons (Fsp3) is 0. The second-order valence-corrected chi connectivity index (χ2v) is 7.24. The second-order valence-electron chi connectivity index (χ2n) is 5.99. The van der Waals surface area contributed by atoms with Gasteiger partial charge in [0.1, 0.15) is 5.69 Å². The molecule has 4 aromatic rings. The molecule has 0 radical (unpaired) electrons. The minimum Gasteiger partial charge on any atom is -0.476 e. The van der Waals surface area contributed by atoms with Gasteiger partial charge in [0.2, 0.25) is 0 Å². The number of benzene rings is 2. The van der Waals surface area contributed by atoms with Crippen LogP contribution in [-0.2, 0) is 0 Å². The smallest absolute Gasteiger partial charge is 0.362 e. The number of ether oxygens (including phenoxy) is 1. The number of hydrogen-bond donors (Lipinski definition) is 1. The van der Waals surface area contributed by atoms with Gasteiger partial charge in [-0.15, -0.1) is 0 Å². The number of esters is 1. The predicted molar refractivity (Wildman–Crippen MR) is 110 cm³/mol. The lowest BCUT2D eigenvalue weighted by atomic mass is 10.2. The monoisotopic (exact) mass is 446 g/mol. The van der Waals surface area contributed by atoms with Crippen molar-refractivity contribution in [2.24, 2.45) is 0 Å². The molecule has 144 valence electrons. The number of fused-ring (bicyclic) bond motifs is 2. The minimum atomic E-state index is -1.40. The summed E-state index contributed by atoms with van der Waals surface area (Å²) < 4.78 is 5.30. The number of carboxylic acid groups (broad SMARTS) is 1. The Morgan fingerprint density at radius 3 is 2.34 bits per heavy atom. The molecule has 0 amide bonds. The number of nitrogens with zero attached hydrogens (tertiary/aromatic N) is 2. The van der Waals surface area contributed by atoms with Crippen molar-refractivity contribution in [2.75, 3.05) is 0 Å². The summed E-state index contributed by atoms with van der Waals surface area (Å²) in [6.45, 7) is 0. The zero-order valence-corrected chi connectivity index (χ0v) is 16.6. The molecule has 29 heavy (non-hydrogen) atoms. The molecule has 0 aliphatic rings. The van der Waals surface area contributed by atoms with Crippen molar-refractivity contribution >= 4 is 68.5 Å². The van der Waals surface area contributed by atoms with Gasteiger partial charge in [-0.05, 0) is 42.5 Å². The Kier molecular flexibility index (Phi) is 5.00. The number of pyridine rings is 2. The minimum absolute atomic E-state index is 0.0246. The van der Waals surface area contributed by atoms with Crippen LogP contribution >= 0.6 is 34.8 Å². The first-order chi connectivity index (χ1) is 13.8. The summed E-state index contributed by atoms with van der Waals surface area (Å²) in [5.74, 6) is -2.64. The van der Waals surface area contributed by atoms with E-state index < -0.39 is 17.6 Å². The highest BCUT2D eigenvalue weighted by atomic mass is 35.5. The highest BCUT2D eigenvalue weighted by Crippen LogP contribution is 2.36. The molecular formula is C20H9Cl3N2O4. The molecule has 2 aromatic heterocycles. The molecule has 0 aliphatic heterocycles. The van der Waals surface area contributed by atoms with Crippen LogP contribution in [0.25, 0.3) is 21.8 Å². The summed E-state index contributed by atoms with van der Waals surface area (Å²) in [4.78, 5) is 32.5. The van der Waals surface area contributed by atoms with Crippen molar-refractivity contribution in [2.45, 2.75) is 0 Å². The molecule has 2 aromatic carbocycles. The van der Waals surface area contributed by atoms with Crippen LogP contribution in [0.1, 0.15) is 21.0 Å². The molecule has 0 saturated heterocycles. The van der Waals surface area contributed by atoms with E-state index in [0.29, 0.717) is 20.9 Å². The Morgan fingerprint density at radius 2 is 1.59 bits per heavy atom. The van der Waals surface area contributed by atoms with Gasteiger partial charge in [0.25, 0.3) is 0 Å². The average Bonchev–Trinajstić information content (AvgIpc) is 2.69. The number of halogens is 3. The van der Waals surface area contributed by atoms with E-state index in [1.165, 1.54) is 12.1 Å². The van der Waals surface area contributed by atoms with E-state index in [9.17, 15) is 14.7 Å². The normalized spacial score (nSPS) is 11.0. The van der Waals surface area contributed by atoms with E-state index in [1.54, 1.807) is 36.4 Å². The molecule has 4 rings (SSSR count). The van der Waals surface area contributed by atoms with Crippen LogP contribution in [0.2, 0.25) is 15.1 Å². The number of carboxylic acids is 1. The van der Waals surface area contributed by atoms with E-state index in [1.807, 2.05) is 0 Å². The SMILES string of the molecule is O=C(Oc1c(C(=O)O)nc2cc(Cl)ccc2c1Cl)c1ccc2cc(Cl)ccc2n1. The first-order valence-electron chi connectivity index (χ1n) is 8.14. The van der Waals surface area contributed by atoms with E-state index in [0.717, 1.165) is 5.39 Å². The molecule has 6 nitrogen and oxygen atoms in total. The highest BCUT2D eigenvalue weighted by Gasteiger charge is 2.24. The average molecular weight is 448 g/mol. The van der Waals surface area contributed by atoms with Gasteiger partial charge >= 0.3 is 11.9 Å². The number of hydrogen-bond acceptors (Lipinski definition) is 5. The Labute approximate surface area is 178 Å². The standard InChI is InChI=1S/C20H9Cl3N2O4/c21-10-3-6-13-9(7-10)1-5-14(24-13)20(28)29-18-16(23)12-4-2-11(22)8-15(12)25-17(18)19(26)27/h1-8H,(H,26,27). The number of aromatic nitrogens is 2. The quantitative estimate of drug-likeness (QED) is 0.408. The lowest BCUT2D eigenvalue weighted by Crippen LogP contribution is -2.14. The molecule has 0 fully saturated rings. The molecule has 9 heteroatoms. The first-order valence-corrected chi connectivity index (χ1v) is 9.27. The van der Waals surface area contributed by atoms with Gasteiger partial charge in [0, 0.05) is 20.8 Å². The zero-order valence-electron chi connectivity index (χ0n) is 14.3. The van der Waals surface area contributed by atoms with Crippen molar-refractivity contribution in [3.63, 3.8) is 0 Å². The van der Waals surface area contributed by atoms with Crippen LogP contribution in [0.3, 0.4) is 0 Å². The Balaban J connectivity index is 1.78. The van der Waals surface area contributed by atoms with Crippen molar-refractivity contribution in [1.29, 1.82) is 0 Å². The van der Waals surface area contributed by atoms with Crippen molar-refractivity contribution in [1.82, 2.24) is 9.97 Å². The van der Waals surface area contributed by atoms with E-state index in [4.69, 9.17) is 39.5 Å². The van der Waals surface area contributed by atoms with Gasteiger partial charge in [-0.2, -0.15) is 0 Å². The Morgan fingerprint density at radius 1 is 0.862 bits per heavy atom. The fourth-order valence-electron chi connectivity index (χ4n) is 2.77. The Bertz CT molecular complexity index is 1320. The lowest BCUT2D eigenvalue weighted by Gasteiger charge is -2.11. The molecular weight excluding hydrogens is 439 g/mol. The molecule has 0 aliphatic carbocycles. The number of carbonyl (C=O) groups excluding carboxylic acids is 1. The zero-order chi connectivity index (χ0) is 20.7. The van der Waals surface area contributed by atoms with Gasteiger partial charge in [-0.25, -0.2) is 19.6 Å². The third-order valence-electron chi connectivity index (χ3n) is 4.10. The molecule has 2 heterocycles. The lowest BCUT2D eigenvalue weighted by molar-refractivity contribution is 0.0674. The largest absolute Gasteiger partial charge is 0.476 e.